The first-order valence-corrected chi connectivity index (χ1v) is 6.19. The molecular weight excluding hydrogens is 226 g/mol. The average Bonchev–Trinajstić information content (AvgIpc) is 2.69. The summed E-state index contributed by atoms with van der Waals surface area (Å²) in [5, 5.41) is 15.1. The molecule has 0 saturated carbocycles. The first-order valence-electron chi connectivity index (χ1n) is 5.25. The fourth-order valence-corrected chi connectivity index (χ4v) is 2.06. The van der Waals surface area contributed by atoms with Crippen LogP contribution in [0.25, 0.3) is 0 Å². The molecule has 0 spiro atoms. The molecule has 0 aliphatic heterocycles. The zero-order valence-electron chi connectivity index (χ0n) is 9.36. The number of carbonyl (C=O) groups is 1. The second-order valence-electron chi connectivity index (χ2n) is 3.41. The van der Waals surface area contributed by atoms with Gasteiger partial charge in [0, 0.05) is 18.5 Å². The monoisotopic (exact) mass is 243 g/mol. The summed E-state index contributed by atoms with van der Waals surface area (Å²) in [6, 6.07) is 0. The first-order chi connectivity index (χ1) is 7.75. The zero-order chi connectivity index (χ0) is 11.8. The lowest BCUT2D eigenvalue weighted by Gasteiger charge is -2.05. The molecule has 1 rings (SSSR count). The van der Waals surface area contributed by atoms with E-state index in [2.05, 4.69) is 5.32 Å². The van der Waals surface area contributed by atoms with Gasteiger partial charge in [-0.2, -0.15) is 11.3 Å². The zero-order valence-corrected chi connectivity index (χ0v) is 10.2. The van der Waals surface area contributed by atoms with Crippen molar-refractivity contribution in [3.8, 4) is 0 Å². The number of aryl methyl sites for hydroxylation is 1. The molecule has 90 valence electrons. The van der Waals surface area contributed by atoms with Crippen molar-refractivity contribution in [3.05, 3.63) is 21.9 Å². The minimum atomic E-state index is -0.0269. The van der Waals surface area contributed by atoms with Crippen LogP contribution >= 0.6 is 11.3 Å². The molecule has 1 amide bonds. The number of aliphatic hydroxyl groups excluding tert-OH is 1. The van der Waals surface area contributed by atoms with Gasteiger partial charge in [0.15, 0.2) is 0 Å². The van der Waals surface area contributed by atoms with Crippen LogP contribution in [0, 0.1) is 6.92 Å². The van der Waals surface area contributed by atoms with E-state index in [4.69, 9.17) is 9.84 Å². The smallest absolute Gasteiger partial charge is 0.252 e. The number of thiophene rings is 1. The Kier molecular flexibility index (Phi) is 6.07. The number of aliphatic hydroxyl groups is 1. The van der Waals surface area contributed by atoms with Gasteiger partial charge in [0.2, 0.25) is 0 Å². The summed E-state index contributed by atoms with van der Waals surface area (Å²) in [7, 11) is 0. The van der Waals surface area contributed by atoms with Crippen molar-refractivity contribution < 1.29 is 14.6 Å². The van der Waals surface area contributed by atoms with E-state index in [1.165, 1.54) is 11.3 Å². The lowest BCUT2D eigenvalue weighted by molar-refractivity contribution is 0.0867. The highest BCUT2D eigenvalue weighted by molar-refractivity contribution is 7.08. The van der Waals surface area contributed by atoms with Crippen LogP contribution in [0.4, 0.5) is 0 Å². The van der Waals surface area contributed by atoms with E-state index in [0.717, 1.165) is 17.5 Å². The van der Waals surface area contributed by atoms with Gasteiger partial charge in [0.1, 0.15) is 0 Å². The Labute approximate surface area is 99.2 Å². The van der Waals surface area contributed by atoms with Gasteiger partial charge in [-0.3, -0.25) is 4.79 Å². The van der Waals surface area contributed by atoms with Crippen molar-refractivity contribution >= 4 is 17.2 Å². The molecule has 0 aliphatic rings. The van der Waals surface area contributed by atoms with E-state index in [1.807, 2.05) is 17.7 Å². The topological polar surface area (TPSA) is 58.6 Å². The van der Waals surface area contributed by atoms with Crippen molar-refractivity contribution in [1.29, 1.82) is 0 Å². The fourth-order valence-electron chi connectivity index (χ4n) is 1.23. The summed E-state index contributed by atoms with van der Waals surface area (Å²) in [6.45, 7) is 3.48. The molecule has 1 aromatic rings. The maximum absolute atomic E-state index is 11.6. The Morgan fingerprint density at radius 1 is 1.50 bits per heavy atom. The third kappa shape index (κ3) is 4.30. The number of carbonyl (C=O) groups excluding carboxylic acids is 1. The van der Waals surface area contributed by atoms with Gasteiger partial charge < -0.3 is 15.2 Å². The van der Waals surface area contributed by atoms with Crippen LogP contribution in [0.3, 0.4) is 0 Å². The summed E-state index contributed by atoms with van der Waals surface area (Å²) in [4.78, 5) is 11.6. The minimum absolute atomic E-state index is 0.0269. The Bertz CT molecular complexity index is 325. The van der Waals surface area contributed by atoms with E-state index in [9.17, 15) is 4.79 Å². The van der Waals surface area contributed by atoms with Crippen LogP contribution in [-0.4, -0.2) is 37.4 Å². The van der Waals surface area contributed by atoms with E-state index >= 15 is 0 Å². The standard InChI is InChI=1S/C11H17NO3S/c1-9-7-16-8-10(9)11(14)12-3-2-5-15-6-4-13/h7-8,13H,2-6H2,1H3,(H,12,14). The summed E-state index contributed by atoms with van der Waals surface area (Å²) in [5.41, 5.74) is 1.76. The van der Waals surface area contributed by atoms with E-state index in [-0.39, 0.29) is 12.5 Å². The molecule has 4 nitrogen and oxygen atoms in total. The van der Waals surface area contributed by atoms with Crippen molar-refractivity contribution in [3.63, 3.8) is 0 Å². The van der Waals surface area contributed by atoms with E-state index in [1.54, 1.807) is 0 Å². The molecule has 1 aromatic heterocycles. The molecule has 2 N–H and O–H groups in total. The maximum Gasteiger partial charge on any atom is 0.252 e. The maximum atomic E-state index is 11.6. The predicted octanol–water partition coefficient (Wildman–Crippen LogP) is 1.19. The highest BCUT2D eigenvalue weighted by Gasteiger charge is 2.08. The Hall–Kier alpha value is -0.910. The van der Waals surface area contributed by atoms with Crippen molar-refractivity contribution in [2.24, 2.45) is 0 Å². The third-order valence-electron chi connectivity index (χ3n) is 2.09. The van der Waals surface area contributed by atoms with Gasteiger partial charge in [-0.05, 0) is 24.3 Å². The Morgan fingerprint density at radius 2 is 2.31 bits per heavy atom. The average molecular weight is 243 g/mol. The quantitative estimate of drug-likeness (QED) is 0.707. The van der Waals surface area contributed by atoms with Gasteiger partial charge in [-0.15, -0.1) is 0 Å². The molecule has 0 bridgehead atoms. The summed E-state index contributed by atoms with van der Waals surface area (Å²) in [5.74, 6) is -0.0269. The SMILES string of the molecule is Cc1cscc1C(=O)NCCCOCCO. The molecule has 0 aromatic carbocycles. The number of ether oxygens (including phenoxy) is 1. The van der Waals surface area contributed by atoms with Crippen LogP contribution in [-0.2, 0) is 4.74 Å². The van der Waals surface area contributed by atoms with Gasteiger partial charge in [0.05, 0.1) is 18.8 Å². The highest BCUT2D eigenvalue weighted by Crippen LogP contribution is 2.12. The molecule has 0 radical (unpaired) electrons. The second-order valence-corrected chi connectivity index (χ2v) is 4.16. The van der Waals surface area contributed by atoms with Crippen LogP contribution < -0.4 is 5.32 Å². The van der Waals surface area contributed by atoms with E-state index < -0.39 is 0 Å². The van der Waals surface area contributed by atoms with Crippen LogP contribution in [0.1, 0.15) is 22.3 Å². The number of hydrogen-bond donors (Lipinski definition) is 2. The second kappa shape index (κ2) is 7.38. The molecule has 16 heavy (non-hydrogen) atoms. The normalized spacial score (nSPS) is 10.4. The molecular formula is C11H17NO3S. The minimum Gasteiger partial charge on any atom is -0.394 e. The molecule has 0 saturated heterocycles. The highest BCUT2D eigenvalue weighted by atomic mass is 32.1. The number of hydrogen-bond acceptors (Lipinski definition) is 4. The van der Waals surface area contributed by atoms with Crippen LogP contribution in [0.5, 0.6) is 0 Å². The summed E-state index contributed by atoms with van der Waals surface area (Å²) >= 11 is 1.53. The van der Waals surface area contributed by atoms with Crippen LogP contribution in [0.2, 0.25) is 0 Å². The van der Waals surface area contributed by atoms with Crippen molar-refractivity contribution in [2.45, 2.75) is 13.3 Å². The van der Waals surface area contributed by atoms with Crippen LogP contribution in [0.15, 0.2) is 10.8 Å². The molecule has 5 heteroatoms. The number of nitrogens with one attached hydrogen (secondary N) is 1. The lowest BCUT2D eigenvalue weighted by Crippen LogP contribution is -2.25. The molecule has 1 heterocycles. The summed E-state index contributed by atoms with van der Waals surface area (Å²) < 4.78 is 5.08. The van der Waals surface area contributed by atoms with Crippen molar-refractivity contribution in [1.82, 2.24) is 5.32 Å². The Morgan fingerprint density at radius 3 is 2.94 bits per heavy atom. The molecule has 0 aliphatic carbocycles. The van der Waals surface area contributed by atoms with Gasteiger partial charge in [-0.25, -0.2) is 0 Å². The Balaban J connectivity index is 2.14. The first kappa shape index (κ1) is 13.2. The van der Waals surface area contributed by atoms with Gasteiger partial charge >= 0.3 is 0 Å². The molecule has 0 atom stereocenters. The molecule has 0 fully saturated rings. The number of amides is 1. The number of rotatable bonds is 7. The van der Waals surface area contributed by atoms with Crippen molar-refractivity contribution in [2.75, 3.05) is 26.4 Å². The lowest BCUT2D eigenvalue weighted by atomic mass is 10.2. The largest absolute Gasteiger partial charge is 0.394 e. The van der Waals surface area contributed by atoms with Gasteiger partial charge in [0.25, 0.3) is 5.91 Å². The third-order valence-corrected chi connectivity index (χ3v) is 2.95. The fraction of sp³-hybridized carbons (Fsp3) is 0.545. The van der Waals surface area contributed by atoms with Gasteiger partial charge in [-0.1, -0.05) is 0 Å². The summed E-state index contributed by atoms with van der Waals surface area (Å²) in [6.07, 6.45) is 0.759. The van der Waals surface area contributed by atoms with E-state index in [0.29, 0.717) is 19.8 Å². The molecule has 0 unspecified atom stereocenters. The predicted molar refractivity (Wildman–Crippen MR) is 63.9 cm³/mol.